The number of hydrogen-bond donors (Lipinski definition) is 0. The Labute approximate surface area is 87.9 Å². The maximum absolute atomic E-state index is 13.2. The molecular weight excluding hydrogens is 293 g/mol. The Morgan fingerprint density at radius 2 is 2.08 bits per heavy atom. The Kier molecular flexibility index (Phi) is 3.77. The SMILES string of the molecule is CCSc1c(F)ccc(I)c1F. The molecular formula is C8H7F2IS. The standard InChI is InChI=1S/C8H7F2IS/c1-2-12-8-5(9)3-4-6(11)7(8)10/h3-4H,2H2,1H3. The molecule has 1 aromatic rings. The maximum Gasteiger partial charge on any atom is 0.153 e. The normalized spacial score (nSPS) is 10.3. The highest BCUT2D eigenvalue weighted by atomic mass is 127. The van der Waals surface area contributed by atoms with Gasteiger partial charge in [0.2, 0.25) is 0 Å². The zero-order chi connectivity index (χ0) is 9.14. The summed E-state index contributed by atoms with van der Waals surface area (Å²) in [6.07, 6.45) is 0. The van der Waals surface area contributed by atoms with E-state index < -0.39 is 11.6 Å². The lowest BCUT2D eigenvalue weighted by molar-refractivity contribution is 0.536. The Morgan fingerprint density at radius 3 is 2.67 bits per heavy atom. The van der Waals surface area contributed by atoms with Crippen LogP contribution in [0.2, 0.25) is 0 Å². The monoisotopic (exact) mass is 300 g/mol. The number of rotatable bonds is 2. The van der Waals surface area contributed by atoms with Crippen LogP contribution in [-0.2, 0) is 0 Å². The smallest absolute Gasteiger partial charge is 0.153 e. The molecule has 0 radical (unpaired) electrons. The molecule has 0 nitrogen and oxygen atoms in total. The van der Waals surface area contributed by atoms with Crippen molar-refractivity contribution in [2.24, 2.45) is 0 Å². The molecule has 0 heterocycles. The fourth-order valence-electron chi connectivity index (χ4n) is 0.785. The van der Waals surface area contributed by atoms with Gasteiger partial charge < -0.3 is 0 Å². The van der Waals surface area contributed by atoms with Gasteiger partial charge in [-0.25, -0.2) is 8.78 Å². The van der Waals surface area contributed by atoms with E-state index in [-0.39, 0.29) is 4.90 Å². The number of halogens is 3. The molecule has 0 atom stereocenters. The van der Waals surface area contributed by atoms with E-state index in [1.54, 1.807) is 0 Å². The summed E-state index contributed by atoms with van der Waals surface area (Å²) >= 11 is 3.04. The highest BCUT2D eigenvalue weighted by Gasteiger charge is 2.11. The van der Waals surface area contributed by atoms with Crippen molar-refractivity contribution in [1.29, 1.82) is 0 Å². The third kappa shape index (κ3) is 2.10. The van der Waals surface area contributed by atoms with Gasteiger partial charge in [0, 0.05) is 0 Å². The van der Waals surface area contributed by atoms with E-state index in [1.807, 2.05) is 29.5 Å². The van der Waals surface area contributed by atoms with Crippen molar-refractivity contribution in [1.82, 2.24) is 0 Å². The molecule has 0 fully saturated rings. The summed E-state index contributed by atoms with van der Waals surface area (Å²) in [5.41, 5.74) is 0. The van der Waals surface area contributed by atoms with Crippen LogP contribution in [0.1, 0.15) is 6.92 Å². The second-order valence-corrected chi connectivity index (χ2v) is 4.54. The largest absolute Gasteiger partial charge is 0.206 e. The Bertz CT molecular complexity index is 289. The van der Waals surface area contributed by atoms with Crippen LogP contribution in [0, 0.1) is 15.2 Å². The van der Waals surface area contributed by atoms with Gasteiger partial charge in [-0.05, 0) is 40.5 Å². The maximum atomic E-state index is 13.2. The van der Waals surface area contributed by atoms with Crippen molar-refractivity contribution < 1.29 is 8.78 Å². The Balaban J connectivity index is 3.14. The predicted molar refractivity (Wildman–Crippen MR) is 55.5 cm³/mol. The molecule has 0 bridgehead atoms. The third-order valence-corrected chi connectivity index (χ3v) is 3.08. The molecule has 0 amide bonds. The minimum absolute atomic E-state index is 0.129. The van der Waals surface area contributed by atoms with Crippen molar-refractivity contribution in [3.63, 3.8) is 0 Å². The van der Waals surface area contributed by atoms with Crippen LogP contribution in [0.3, 0.4) is 0 Å². The molecule has 0 spiro atoms. The van der Waals surface area contributed by atoms with Crippen LogP contribution in [0.25, 0.3) is 0 Å². The molecule has 12 heavy (non-hydrogen) atoms. The van der Waals surface area contributed by atoms with Crippen molar-refractivity contribution in [2.45, 2.75) is 11.8 Å². The summed E-state index contributed by atoms with van der Waals surface area (Å²) in [6, 6.07) is 2.73. The first-order chi connectivity index (χ1) is 5.66. The van der Waals surface area contributed by atoms with Crippen LogP contribution in [0.5, 0.6) is 0 Å². The molecule has 0 saturated heterocycles. The lowest BCUT2D eigenvalue weighted by atomic mass is 10.3. The lowest BCUT2D eigenvalue weighted by Gasteiger charge is -2.03. The average Bonchev–Trinajstić information content (AvgIpc) is 2.06. The van der Waals surface area contributed by atoms with E-state index in [1.165, 1.54) is 23.9 Å². The minimum atomic E-state index is -0.472. The summed E-state index contributed by atoms with van der Waals surface area (Å²) in [4.78, 5) is 0.129. The van der Waals surface area contributed by atoms with E-state index in [4.69, 9.17) is 0 Å². The van der Waals surface area contributed by atoms with E-state index in [2.05, 4.69) is 0 Å². The summed E-state index contributed by atoms with van der Waals surface area (Å²) in [5, 5.41) is 0. The van der Waals surface area contributed by atoms with Crippen molar-refractivity contribution in [2.75, 3.05) is 5.75 Å². The van der Waals surface area contributed by atoms with Crippen LogP contribution in [0.15, 0.2) is 17.0 Å². The Hall–Kier alpha value is 0.160. The van der Waals surface area contributed by atoms with E-state index in [0.717, 1.165) is 0 Å². The van der Waals surface area contributed by atoms with E-state index >= 15 is 0 Å². The first-order valence-corrected chi connectivity index (χ1v) is 5.49. The molecule has 66 valence electrons. The highest BCUT2D eigenvalue weighted by Crippen LogP contribution is 2.27. The van der Waals surface area contributed by atoms with Crippen molar-refractivity contribution in [3.8, 4) is 0 Å². The number of hydrogen-bond acceptors (Lipinski definition) is 1. The second-order valence-electron chi connectivity index (χ2n) is 2.11. The second kappa shape index (κ2) is 4.41. The lowest BCUT2D eigenvalue weighted by Crippen LogP contribution is -1.91. The van der Waals surface area contributed by atoms with Gasteiger partial charge in [-0.3, -0.25) is 0 Å². The third-order valence-electron chi connectivity index (χ3n) is 1.29. The fraction of sp³-hybridized carbons (Fsp3) is 0.250. The van der Waals surface area contributed by atoms with Gasteiger partial charge in [0.05, 0.1) is 8.47 Å². The van der Waals surface area contributed by atoms with E-state index in [9.17, 15) is 8.78 Å². The summed E-state index contributed by atoms with van der Waals surface area (Å²) < 4.78 is 26.6. The molecule has 0 saturated carbocycles. The topological polar surface area (TPSA) is 0 Å². The molecule has 1 aromatic carbocycles. The molecule has 0 aliphatic heterocycles. The van der Waals surface area contributed by atoms with Crippen LogP contribution >= 0.6 is 34.4 Å². The van der Waals surface area contributed by atoms with Gasteiger partial charge in [-0.2, -0.15) is 0 Å². The summed E-state index contributed by atoms with van der Waals surface area (Å²) in [5.74, 6) is -0.240. The minimum Gasteiger partial charge on any atom is -0.206 e. The van der Waals surface area contributed by atoms with Crippen LogP contribution in [-0.4, -0.2) is 5.75 Å². The van der Waals surface area contributed by atoms with Crippen molar-refractivity contribution in [3.05, 3.63) is 27.3 Å². The predicted octanol–water partition coefficient (Wildman–Crippen LogP) is 3.68. The average molecular weight is 300 g/mol. The highest BCUT2D eigenvalue weighted by molar-refractivity contribution is 14.1. The van der Waals surface area contributed by atoms with Gasteiger partial charge in [0.1, 0.15) is 5.82 Å². The molecule has 4 heteroatoms. The zero-order valence-corrected chi connectivity index (χ0v) is 9.38. The first kappa shape index (κ1) is 10.2. The van der Waals surface area contributed by atoms with Gasteiger partial charge in [0.25, 0.3) is 0 Å². The fourth-order valence-corrected chi connectivity index (χ4v) is 2.15. The molecule has 1 rings (SSSR count). The molecule has 0 N–H and O–H groups in total. The van der Waals surface area contributed by atoms with Gasteiger partial charge in [-0.15, -0.1) is 11.8 Å². The summed E-state index contributed by atoms with van der Waals surface area (Å²) in [6.45, 7) is 1.86. The molecule has 0 unspecified atom stereocenters. The van der Waals surface area contributed by atoms with Gasteiger partial charge >= 0.3 is 0 Å². The van der Waals surface area contributed by atoms with Crippen LogP contribution in [0.4, 0.5) is 8.78 Å². The number of thioether (sulfide) groups is 1. The van der Waals surface area contributed by atoms with E-state index in [0.29, 0.717) is 9.32 Å². The van der Waals surface area contributed by atoms with Gasteiger partial charge in [0.15, 0.2) is 5.82 Å². The molecule has 0 aromatic heterocycles. The zero-order valence-electron chi connectivity index (χ0n) is 6.40. The molecule has 0 aliphatic rings. The Morgan fingerprint density at radius 1 is 1.42 bits per heavy atom. The first-order valence-electron chi connectivity index (χ1n) is 3.43. The number of benzene rings is 1. The van der Waals surface area contributed by atoms with Crippen LogP contribution < -0.4 is 0 Å². The molecule has 0 aliphatic carbocycles. The summed E-state index contributed by atoms with van der Waals surface area (Å²) in [7, 11) is 0. The quantitative estimate of drug-likeness (QED) is 0.456. The van der Waals surface area contributed by atoms with Crippen molar-refractivity contribution >= 4 is 34.4 Å². The van der Waals surface area contributed by atoms with Gasteiger partial charge in [-0.1, -0.05) is 6.92 Å².